The lowest BCUT2D eigenvalue weighted by molar-refractivity contribution is 0.179. The molecular formula is C14H29N. The first-order valence-corrected chi connectivity index (χ1v) is 6.76. The Morgan fingerprint density at radius 2 is 1.73 bits per heavy atom. The average Bonchev–Trinajstić information content (AvgIpc) is 2.18. The van der Waals surface area contributed by atoms with E-state index in [1.807, 2.05) is 0 Å². The Morgan fingerprint density at radius 1 is 1.07 bits per heavy atom. The van der Waals surface area contributed by atoms with Crippen molar-refractivity contribution in [2.45, 2.75) is 65.8 Å². The molecule has 4 atom stereocenters. The van der Waals surface area contributed by atoms with E-state index in [4.69, 9.17) is 5.73 Å². The number of nitrogens with two attached hydrogens (primary N) is 1. The molecule has 0 aromatic carbocycles. The molecule has 90 valence electrons. The van der Waals surface area contributed by atoms with Gasteiger partial charge in [0.25, 0.3) is 0 Å². The van der Waals surface area contributed by atoms with Crippen molar-refractivity contribution in [3.63, 3.8) is 0 Å². The molecule has 1 saturated carbocycles. The first kappa shape index (κ1) is 13.0. The van der Waals surface area contributed by atoms with Crippen LogP contribution in [-0.2, 0) is 0 Å². The van der Waals surface area contributed by atoms with Crippen LogP contribution in [0.4, 0.5) is 0 Å². The summed E-state index contributed by atoms with van der Waals surface area (Å²) >= 11 is 0. The largest absolute Gasteiger partial charge is 0.327 e. The Bertz CT molecular complexity index is 176. The molecule has 1 aliphatic carbocycles. The average molecular weight is 211 g/mol. The van der Waals surface area contributed by atoms with Crippen molar-refractivity contribution in [3.8, 4) is 0 Å². The third kappa shape index (κ3) is 4.14. The predicted molar refractivity (Wildman–Crippen MR) is 67.7 cm³/mol. The highest BCUT2D eigenvalue weighted by Crippen LogP contribution is 2.35. The summed E-state index contributed by atoms with van der Waals surface area (Å²) in [5.74, 6) is 3.40. The molecule has 1 aliphatic rings. The van der Waals surface area contributed by atoms with E-state index >= 15 is 0 Å². The van der Waals surface area contributed by atoms with Gasteiger partial charge in [-0.1, -0.05) is 34.1 Å². The number of rotatable bonds is 4. The normalized spacial score (nSPS) is 34.4. The minimum atomic E-state index is 0.461. The van der Waals surface area contributed by atoms with Crippen LogP contribution in [0, 0.1) is 23.7 Å². The smallest absolute Gasteiger partial charge is 0.00673 e. The highest BCUT2D eigenvalue weighted by atomic mass is 14.7. The second-order valence-corrected chi connectivity index (χ2v) is 6.16. The van der Waals surface area contributed by atoms with Crippen molar-refractivity contribution in [2.24, 2.45) is 29.4 Å². The van der Waals surface area contributed by atoms with Gasteiger partial charge in [-0.25, -0.2) is 0 Å². The van der Waals surface area contributed by atoms with Crippen molar-refractivity contribution >= 4 is 0 Å². The standard InChI is InChI=1S/C14H29N/c1-10(2)5-8-14(15)13-7-6-11(3)12(4)9-13/h10-14H,5-9,15H2,1-4H3. The van der Waals surface area contributed by atoms with Crippen molar-refractivity contribution in [1.29, 1.82) is 0 Å². The van der Waals surface area contributed by atoms with Crippen LogP contribution in [0.25, 0.3) is 0 Å². The number of hydrogen-bond donors (Lipinski definition) is 1. The molecule has 1 nitrogen and oxygen atoms in total. The van der Waals surface area contributed by atoms with Crippen LogP contribution in [0.5, 0.6) is 0 Å². The highest BCUT2D eigenvalue weighted by Gasteiger charge is 2.28. The first-order chi connectivity index (χ1) is 7.00. The lowest BCUT2D eigenvalue weighted by Crippen LogP contribution is -2.35. The fourth-order valence-corrected chi connectivity index (χ4v) is 2.74. The van der Waals surface area contributed by atoms with Crippen LogP contribution >= 0.6 is 0 Å². The molecule has 0 spiro atoms. The van der Waals surface area contributed by atoms with Crippen LogP contribution in [0.3, 0.4) is 0 Å². The zero-order valence-electron chi connectivity index (χ0n) is 11.0. The molecule has 0 radical (unpaired) electrons. The molecule has 2 N–H and O–H groups in total. The molecule has 1 fully saturated rings. The summed E-state index contributed by atoms with van der Waals surface area (Å²) < 4.78 is 0. The van der Waals surface area contributed by atoms with Crippen LogP contribution in [-0.4, -0.2) is 6.04 Å². The van der Waals surface area contributed by atoms with Crippen molar-refractivity contribution in [3.05, 3.63) is 0 Å². The molecule has 0 aliphatic heterocycles. The van der Waals surface area contributed by atoms with Gasteiger partial charge < -0.3 is 5.73 Å². The van der Waals surface area contributed by atoms with Crippen LogP contribution in [0.1, 0.15) is 59.8 Å². The zero-order valence-corrected chi connectivity index (χ0v) is 11.0. The minimum absolute atomic E-state index is 0.461. The topological polar surface area (TPSA) is 26.0 Å². The maximum absolute atomic E-state index is 6.30. The fourth-order valence-electron chi connectivity index (χ4n) is 2.74. The Morgan fingerprint density at radius 3 is 2.27 bits per heavy atom. The Labute approximate surface area is 95.8 Å². The second-order valence-electron chi connectivity index (χ2n) is 6.16. The maximum Gasteiger partial charge on any atom is 0.00673 e. The lowest BCUT2D eigenvalue weighted by atomic mass is 9.72. The van der Waals surface area contributed by atoms with Gasteiger partial charge in [-0.15, -0.1) is 0 Å². The molecular weight excluding hydrogens is 182 g/mol. The van der Waals surface area contributed by atoms with Gasteiger partial charge in [0.2, 0.25) is 0 Å². The Hall–Kier alpha value is -0.0400. The molecule has 1 heteroatoms. The molecule has 0 aromatic rings. The van der Waals surface area contributed by atoms with Gasteiger partial charge in [0.05, 0.1) is 0 Å². The molecule has 15 heavy (non-hydrogen) atoms. The van der Waals surface area contributed by atoms with Gasteiger partial charge in [0, 0.05) is 6.04 Å². The SMILES string of the molecule is CC(C)CCC(N)C1CCC(C)C(C)C1. The molecule has 0 heterocycles. The second kappa shape index (κ2) is 5.89. The van der Waals surface area contributed by atoms with Crippen LogP contribution in [0.2, 0.25) is 0 Å². The van der Waals surface area contributed by atoms with E-state index in [0.717, 1.165) is 23.7 Å². The number of hydrogen-bond acceptors (Lipinski definition) is 1. The highest BCUT2D eigenvalue weighted by molar-refractivity contribution is 4.82. The first-order valence-electron chi connectivity index (χ1n) is 6.76. The fraction of sp³-hybridized carbons (Fsp3) is 1.00. The molecule has 0 aromatic heterocycles. The van der Waals surface area contributed by atoms with Gasteiger partial charge in [0.1, 0.15) is 0 Å². The van der Waals surface area contributed by atoms with E-state index in [1.54, 1.807) is 0 Å². The summed E-state index contributed by atoms with van der Waals surface area (Å²) in [5, 5.41) is 0. The monoisotopic (exact) mass is 211 g/mol. The van der Waals surface area contributed by atoms with E-state index in [2.05, 4.69) is 27.7 Å². The van der Waals surface area contributed by atoms with E-state index in [1.165, 1.54) is 32.1 Å². The summed E-state index contributed by atoms with van der Waals surface area (Å²) in [7, 11) is 0. The van der Waals surface area contributed by atoms with Crippen LogP contribution < -0.4 is 5.73 Å². The molecule has 0 saturated heterocycles. The van der Waals surface area contributed by atoms with Crippen molar-refractivity contribution in [1.82, 2.24) is 0 Å². The van der Waals surface area contributed by atoms with E-state index in [9.17, 15) is 0 Å². The van der Waals surface area contributed by atoms with Crippen LogP contribution in [0.15, 0.2) is 0 Å². The van der Waals surface area contributed by atoms with Gasteiger partial charge in [0.15, 0.2) is 0 Å². The van der Waals surface area contributed by atoms with Gasteiger partial charge in [-0.2, -0.15) is 0 Å². The quantitative estimate of drug-likeness (QED) is 0.751. The molecule has 0 amide bonds. The molecule has 1 rings (SSSR count). The van der Waals surface area contributed by atoms with Crippen molar-refractivity contribution < 1.29 is 0 Å². The Balaban J connectivity index is 2.30. The predicted octanol–water partition coefficient (Wildman–Crippen LogP) is 3.82. The van der Waals surface area contributed by atoms with E-state index in [0.29, 0.717) is 6.04 Å². The third-order valence-corrected chi connectivity index (χ3v) is 4.32. The third-order valence-electron chi connectivity index (χ3n) is 4.32. The van der Waals surface area contributed by atoms with E-state index in [-0.39, 0.29) is 0 Å². The minimum Gasteiger partial charge on any atom is -0.327 e. The summed E-state index contributed by atoms with van der Waals surface area (Å²) in [6.07, 6.45) is 6.64. The lowest BCUT2D eigenvalue weighted by Gasteiger charge is -2.35. The summed E-state index contributed by atoms with van der Waals surface area (Å²) in [6, 6.07) is 0.461. The zero-order chi connectivity index (χ0) is 11.4. The Kier molecular flexibility index (Phi) is 5.11. The summed E-state index contributed by atoms with van der Waals surface area (Å²) in [5.41, 5.74) is 6.30. The maximum atomic E-state index is 6.30. The van der Waals surface area contributed by atoms with Gasteiger partial charge in [-0.05, 0) is 49.4 Å². The summed E-state index contributed by atoms with van der Waals surface area (Å²) in [6.45, 7) is 9.36. The molecule has 4 unspecified atom stereocenters. The summed E-state index contributed by atoms with van der Waals surface area (Å²) in [4.78, 5) is 0. The molecule has 0 bridgehead atoms. The van der Waals surface area contributed by atoms with Gasteiger partial charge in [-0.3, -0.25) is 0 Å². The van der Waals surface area contributed by atoms with E-state index < -0.39 is 0 Å². The van der Waals surface area contributed by atoms with Crippen molar-refractivity contribution in [2.75, 3.05) is 0 Å². The van der Waals surface area contributed by atoms with Gasteiger partial charge >= 0.3 is 0 Å².